The molecular formula is C25H28N2O4. The molecular weight excluding hydrogens is 392 g/mol. The standard InChI is InChI=1S/C25H28N2O4/c1-18-6-8-23(19(2)14-18)30-17-22-7-9-24(31-22)25(28)26-21-5-3-4-20(15-21)16-27-10-12-29-13-11-27/h3-9,14-15H,10-13,16-17H2,1-2H3,(H,26,28). The molecule has 1 aliphatic rings. The van der Waals surface area contributed by atoms with Crippen molar-refractivity contribution in [2.24, 2.45) is 0 Å². The summed E-state index contributed by atoms with van der Waals surface area (Å²) in [4.78, 5) is 15.0. The van der Waals surface area contributed by atoms with E-state index >= 15 is 0 Å². The molecule has 0 unspecified atom stereocenters. The molecule has 4 rings (SSSR count). The summed E-state index contributed by atoms with van der Waals surface area (Å²) in [6.07, 6.45) is 0. The van der Waals surface area contributed by atoms with Crippen LogP contribution in [0, 0.1) is 13.8 Å². The number of nitrogens with one attached hydrogen (secondary N) is 1. The molecule has 0 atom stereocenters. The summed E-state index contributed by atoms with van der Waals surface area (Å²) in [6.45, 7) is 8.56. The molecule has 0 bridgehead atoms. The third-order valence-corrected chi connectivity index (χ3v) is 5.28. The molecule has 2 heterocycles. The molecule has 6 heteroatoms. The number of morpholine rings is 1. The average Bonchev–Trinajstić information content (AvgIpc) is 3.23. The molecule has 31 heavy (non-hydrogen) atoms. The maximum Gasteiger partial charge on any atom is 0.291 e. The van der Waals surface area contributed by atoms with Crippen LogP contribution in [0.5, 0.6) is 5.75 Å². The van der Waals surface area contributed by atoms with Crippen LogP contribution in [0.2, 0.25) is 0 Å². The van der Waals surface area contributed by atoms with Gasteiger partial charge >= 0.3 is 0 Å². The van der Waals surface area contributed by atoms with Gasteiger partial charge in [-0.1, -0.05) is 29.8 Å². The first kappa shape index (κ1) is 21.2. The van der Waals surface area contributed by atoms with Gasteiger partial charge in [-0.2, -0.15) is 0 Å². The molecule has 6 nitrogen and oxygen atoms in total. The Labute approximate surface area is 182 Å². The van der Waals surface area contributed by atoms with Crippen molar-refractivity contribution in [3.63, 3.8) is 0 Å². The summed E-state index contributed by atoms with van der Waals surface area (Å²) in [5, 5.41) is 2.92. The number of aryl methyl sites for hydroxylation is 2. The predicted molar refractivity (Wildman–Crippen MR) is 119 cm³/mol. The fraction of sp³-hybridized carbons (Fsp3) is 0.320. The number of nitrogens with zero attached hydrogens (tertiary/aromatic N) is 1. The molecule has 1 amide bonds. The summed E-state index contributed by atoms with van der Waals surface area (Å²) in [6, 6.07) is 17.4. The van der Waals surface area contributed by atoms with Crippen molar-refractivity contribution in [3.05, 3.63) is 82.8 Å². The minimum atomic E-state index is -0.277. The second-order valence-corrected chi connectivity index (χ2v) is 7.87. The van der Waals surface area contributed by atoms with E-state index in [1.807, 2.05) is 44.2 Å². The number of benzene rings is 2. The fourth-order valence-corrected chi connectivity index (χ4v) is 3.65. The molecule has 3 aromatic rings. The molecule has 0 saturated carbocycles. The van der Waals surface area contributed by atoms with Gasteiger partial charge in [0.05, 0.1) is 13.2 Å². The molecule has 2 aromatic carbocycles. The monoisotopic (exact) mass is 420 g/mol. The second kappa shape index (κ2) is 9.81. The largest absolute Gasteiger partial charge is 0.485 e. The Morgan fingerprint density at radius 3 is 2.71 bits per heavy atom. The van der Waals surface area contributed by atoms with Crippen LogP contribution in [0.4, 0.5) is 5.69 Å². The number of anilines is 1. The Kier molecular flexibility index (Phi) is 6.70. The first-order valence-electron chi connectivity index (χ1n) is 10.6. The first-order chi connectivity index (χ1) is 15.1. The van der Waals surface area contributed by atoms with Crippen molar-refractivity contribution in [2.45, 2.75) is 27.0 Å². The van der Waals surface area contributed by atoms with Gasteiger partial charge in [0, 0.05) is 25.3 Å². The highest BCUT2D eigenvalue weighted by molar-refractivity contribution is 6.02. The molecule has 1 aromatic heterocycles. The van der Waals surface area contributed by atoms with E-state index in [0.717, 1.165) is 55.4 Å². The molecule has 162 valence electrons. The SMILES string of the molecule is Cc1ccc(OCc2ccc(C(=O)Nc3cccc(CN4CCOCC4)c3)o2)c(C)c1. The molecule has 1 saturated heterocycles. The lowest BCUT2D eigenvalue weighted by atomic mass is 10.1. The second-order valence-electron chi connectivity index (χ2n) is 7.87. The van der Waals surface area contributed by atoms with Crippen molar-refractivity contribution in [2.75, 3.05) is 31.6 Å². The van der Waals surface area contributed by atoms with Crippen LogP contribution in [0.15, 0.2) is 59.0 Å². The minimum absolute atomic E-state index is 0.262. The zero-order valence-corrected chi connectivity index (χ0v) is 18.0. The zero-order chi connectivity index (χ0) is 21.6. The number of ether oxygens (including phenoxy) is 2. The van der Waals surface area contributed by atoms with E-state index in [4.69, 9.17) is 13.9 Å². The van der Waals surface area contributed by atoms with Gasteiger partial charge in [0.15, 0.2) is 5.76 Å². The highest BCUT2D eigenvalue weighted by Gasteiger charge is 2.14. The van der Waals surface area contributed by atoms with Crippen LogP contribution in [0.1, 0.15) is 33.0 Å². The van der Waals surface area contributed by atoms with Gasteiger partial charge in [0.25, 0.3) is 5.91 Å². The van der Waals surface area contributed by atoms with Crippen LogP contribution in [0.25, 0.3) is 0 Å². The summed E-state index contributed by atoms with van der Waals surface area (Å²) in [7, 11) is 0. The summed E-state index contributed by atoms with van der Waals surface area (Å²) < 4.78 is 16.9. The van der Waals surface area contributed by atoms with Crippen LogP contribution in [-0.2, 0) is 17.9 Å². The molecule has 0 radical (unpaired) electrons. The molecule has 1 fully saturated rings. The van der Waals surface area contributed by atoms with Crippen LogP contribution < -0.4 is 10.1 Å². The third-order valence-electron chi connectivity index (χ3n) is 5.28. The van der Waals surface area contributed by atoms with E-state index in [1.165, 1.54) is 5.56 Å². The summed E-state index contributed by atoms with van der Waals surface area (Å²) >= 11 is 0. The molecule has 1 aliphatic heterocycles. The van der Waals surface area contributed by atoms with Gasteiger partial charge in [-0.25, -0.2) is 0 Å². The third kappa shape index (κ3) is 5.75. The highest BCUT2D eigenvalue weighted by Crippen LogP contribution is 2.21. The number of carbonyl (C=O) groups is 1. The van der Waals surface area contributed by atoms with Crippen LogP contribution >= 0.6 is 0 Å². The number of furan rings is 1. The summed E-state index contributed by atoms with van der Waals surface area (Å²) in [5.74, 6) is 1.40. The van der Waals surface area contributed by atoms with Crippen molar-refractivity contribution in [3.8, 4) is 5.75 Å². The van der Waals surface area contributed by atoms with Crippen LogP contribution in [-0.4, -0.2) is 37.1 Å². The van der Waals surface area contributed by atoms with Crippen molar-refractivity contribution < 1.29 is 18.7 Å². The fourth-order valence-electron chi connectivity index (χ4n) is 3.65. The first-order valence-corrected chi connectivity index (χ1v) is 10.6. The smallest absolute Gasteiger partial charge is 0.291 e. The molecule has 1 N–H and O–H groups in total. The van der Waals surface area contributed by atoms with Crippen molar-refractivity contribution in [1.29, 1.82) is 0 Å². The van der Waals surface area contributed by atoms with Crippen molar-refractivity contribution >= 4 is 11.6 Å². The Morgan fingerprint density at radius 1 is 1.06 bits per heavy atom. The van der Waals surface area contributed by atoms with Gasteiger partial charge < -0.3 is 19.2 Å². The van der Waals surface area contributed by atoms with E-state index in [9.17, 15) is 4.79 Å². The van der Waals surface area contributed by atoms with E-state index in [1.54, 1.807) is 12.1 Å². The Morgan fingerprint density at radius 2 is 1.90 bits per heavy atom. The lowest BCUT2D eigenvalue weighted by Crippen LogP contribution is -2.35. The topological polar surface area (TPSA) is 63.9 Å². The molecule has 0 aliphatic carbocycles. The van der Waals surface area contributed by atoms with Crippen LogP contribution in [0.3, 0.4) is 0 Å². The number of hydrogen-bond donors (Lipinski definition) is 1. The van der Waals surface area contributed by atoms with Gasteiger partial charge in [0.2, 0.25) is 0 Å². The Balaban J connectivity index is 1.34. The normalized spacial score (nSPS) is 14.4. The number of carbonyl (C=O) groups excluding carboxylic acids is 1. The highest BCUT2D eigenvalue weighted by atomic mass is 16.5. The predicted octanol–water partition coefficient (Wildman–Crippen LogP) is 4.56. The zero-order valence-electron chi connectivity index (χ0n) is 18.0. The quantitative estimate of drug-likeness (QED) is 0.607. The van der Waals surface area contributed by atoms with E-state index < -0.39 is 0 Å². The van der Waals surface area contributed by atoms with E-state index in [2.05, 4.69) is 22.3 Å². The van der Waals surface area contributed by atoms with Gasteiger partial charge in [-0.15, -0.1) is 0 Å². The molecule has 0 spiro atoms. The van der Waals surface area contributed by atoms with Gasteiger partial charge in [-0.3, -0.25) is 9.69 Å². The maximum absolute atomic E-state index is 12.6. The Hall–Kier alpha value is -3.09. The average molecular weight is 421 g/mol. The summed E-state index contributed by atoms with van der Waals surface area (Å²) in [5.41, 5.74) is 4.17. The number of hydrogen-bond acceptors (Lipinski definition) is 5. The van der Waals surface area contributed by atoms with E-state index in [-0.39, 0.29) is 18.3 Å². The number of rotatable bonds is 7. The van der Waals surface area contributed by atoms with Gasteiger partial charge in [0.1, 0.15) is 18.1 Å². The Bertz CT molecular complexity index is 1040. The lowest BCUT2D eigenvalue weighted by Gasteiger charge is -2.26. The minimum Gasteiger partial charge on any atom is -0.485 e. The van der Waals surface area contributed by atoms with Gasteiger partial charge in [-0.05, 0) is 55.3 Å². The lowest BCUT2D eigenvalue weighted by molar-refractivity contribution is 0.0342. The van der Waals surface area contributed by atoms with Crippen molar-refractivity contribution in [1.82, 2.24) is 4.90 Å². The maximum atomic E-state index is 12.6. The number of amides is 1. The van der Waals surface area contributed by atoms with E-state index in [0.29, 0.717) is 5.76 Å².